The van der Waals surface area contributed by atoms with E-state index in [1.54, 1.807) is 7.11 Å². The van der Waals surface area contributed by atoms with Gasteiger partial charge < -0.3 is 10.1 Å². The highest BCUT2D eigenvalue weighted by Crippen LogP contribution is 2.29. The number of fused-ring (bicyclic) bond motifs is 1. The van der Waals surface area contributed by atoms with Crippen LogP contribution in [0, 0.1) is 0 Å². The fourth-order valence-corrected chi connectivity index (χ4v) is 3.05. The lowest BCUT2D eigenvalue weighted by molar-refractivity contribution is 0.200. The van der Waals surface area contributed by atoms with Crippen LogP contribution in [0.5, 0.6) is 5.75 Å². The van der Waals surface area contributed by atoms with Gasteiger partial charge in [0.15, 0.2) is 0 Å². The molecule has 3 rings (SSSR count). The molecule has 0 aromatic heterocycles. The Labute approximate surface area is 120 Å². The van der Waals surface area contributed by atoms with E-state index in [4.69, 9.17) is 4.74 Å². The Morgan fingerprint density at radius 2 is 2.00 bits per heavy atom. The number of methoxy groups -OCH3 is 1. The third-order valence-electron chi connectivity index (χ3n) is 4.04. The second-order valence-corrected chi connectivity index (χ2v) is 5.56. The Morgan fingerprint density at radius 1 is 1.20 bits per heavy atom. The van der Waals surface area contributed by atoms with Crippen LogP contribution in [-0.4, -0.2) is 37.7 Å². The van der Waals surface area contributed by atoms with E-state index < -0.39 is 0 Å². The molecule has 0 aliphatic carbocycles. The van der Waals surface area contributed by atoms with E-state index in [-0.39, 0.29) is 0 Å². The van der Waals surface area contributed by atoms with Gasteiger partial charge in [0, 0.05) is 37.6 Å². The molecule has 2 aromatic rings. The van der Waals surface area contributed by atoms with Crippen molar-refractivity contribution in [1.29, 1.82) is 0 Å². The van der Waals surface area contributed by atoms with Crippen molar-refractivity contribution < 1.29 is 4.74 Å². The molecule has 1 fully saturated rings. The lowest BCUT2D eigenvalue weighted by atomic mass is 10.0. The van der Waals surface area contributed by atoms with Gasteiger partial charge in [-0.05, 0) is 23.9 Å². The van der Waals surface area contributed by atoms with Gasteiger partial charge in [-0.3, -0.25) is 4.90 Å². The highest BCUT2D eigenvalue weighted by Gasteiger charge is 2.16. The third-order valence-corrected chi connectivity index (χ3v) is 4.04. The second-order valence-electron chi connectivity index (χ2n) is 5.56. The van der Waals surface area contributed by atoms with E-state index in [1.807, 2.05) is 0 Å². The Hall–Kier alpha value is -1.58. The Balaban J connectivity index is 1.92. The van der Waals surface area contributed by atoms with Gasteiger partial charge >= 0.3 is 0 Å². The van der Waals surface area contributed by atoms with E-state index in [1.165, 1.54) is 16.3 Å². The van der Waals surface area contributed by atoms with E-state index in [0.717, 1.165) is 31.9 Å². The fourth-order valence-electron chi connectivity index (χ4n) is 3.05. The van der Waals surface area contributed by atoms with Crippen LogP contribution in [0.25, 0.3) is 10.8 Å². The number of nitrogens with zero attached hydrogens (tertiary/aromatic N) is 1. The van der Waals surface area contributed by atoms with Crippen LogP contribution in [0.15, 0.2) is 36.4 Å². The standard InChI is InChI=1S/C17H22N2O/c1-13-11-19(10-9-18-13)12-14-7-8-17(20-2)16-6-4-3-5-15(14)16/h3-8,13,18H,9-12H2,1-2H3/t13-/m1/s1. The molecule has 0 bridgehead atoms. The first-order chi connectivity index (χ1) is 9.78. The molecule has 3 nitrogen and oxygen atoms in total. The molecule has 0 spiro atoms. The molecule has 1 atom stereocenters. The Kier molecular flexibility index (Phi) is 3.90. The molecular formula is C17H22N2O. The molecule has 0 saturated carbocycles. The van der Waals surface area contributed by atoms with E-state index in [2.05, 4.69) is 53.5 Å². The third kappa shape index (κ3) is 2.65. The predicted molar refractivity (Wildman–Crippen MR) is 83.2 cm³/mol. The maximum Gasteiger partial charge on any atom is 0.126 e. The molecule has 1 saturated heterocycles. The maximum atomic E-state index is 5.47. The summed E-state index contributed by atoms with van der Waals surface area (Å²) in [4.78, 5) is 2.52. The van der Waals surface area contributed by atoms with Crippen LogP contribution in [0.1, 0.15) is 12.5 Å². The summed E-state index contributed by atoms with van der Waals surface area (Å²) in [6.45, 7) is 6.56. The van der Waals surface area contributed by atoms with Crippen molar-refractivity contribution in [2.75, 3.05) is 26.7 Å². The Bertz CT molecular complexity index is 597. The van der Waals surface area contributed by atoms with Gasteiger partial charge in [0.2, 0.25) is 0 Å². The number of benzene rings is 2. The van der Waals surface area contributed by atoms with Crippen LogP contribution < -0.4 is 10.1 Å². The maximum absolute atomic E-state index is 5.47. The quantitative estimate of drug-likeness (QED) is 0.928. The van der Waals surface area contributed by atoms with Gasteiger partial charge in [-0.25, -0.2) is 0 Å². The molecule has 0 amide bonds. The van der Waals surface area contributed by atoms with Gasteiger partial charge in [-0.15, -0.1) is 0 Å². The van der Waals surface area contributed by atoms with Crippen molar-refractivity contribution in [3.63, 3.8) is 0 Å². The summed E-state index contributed by atoms with van der Waals surface area (Å²) in [7, 11) is 1.74. The minimum atomic E-state index is 0.577. The van der Waals surface area contributed by atoms with Crippen molar-refractivity contribution in [2.24, 2.45) is 0 Å². The molecule has 1 aliphatic heterocycles. The molecule has 2 aromatic carbocycles. The average molecular weight is 270 g/mol. The molecule has 3 heteroatoms. The summed E-state index contributed by atoms with van der Waals surface area (Å²) in [6, 6.07) is 13.4. The first-order valence-corrected chi connectivity index (χ1v) is 7.28. The van der Waals surface area contributed by atoms with Gasteiger partial charge in [0.1, 0.15) is 5.75 Å². The predicted octanol–water partition coefficient (Wildman–Crippen LogP) is 2.64. The van der Waals surface area contributed by atoms with Crippen molar-refractivity contribution in [3.8, 4) is 5.75 Å². The van der Waals surface area contributed by atoms with Crippen molar-refractivity contribution >= 4 is 10.8 Å². The van der Waals surface area contributed by atoms with Gasteiger partial charge in [-0.2, -0.15) is 0 Å². The van der Waals surface area contributed by atoms with Crippen molar-refractivity contribution in [3.05, 3.63) is 42.0 Å². The largest absolute Gasteiger partial charge is 0.496 e. The topological polar surface area (TPSA) is 24.5 Å². The van der Waals surface area contributed by atoms with Gasteiger partial charge in [0.05, 0.1) is 7.11 Å². The average Bonchev–Trinajstić information content (AvgIpc) is 2.48. The zero-order valence-electron chi connectivity index (χ0n) is 12.2. The number of hydrogen-bond acceptors (Lipinski definition) is 3. The fraction of sp³-hybridized carbons (Fsp3) is 0.412. The number of piperazine rings is 1. The van der Waals surface area contributed by atoms with Gasteiger partial charge in [-0.1, -0.05) is 30.3 Å². The second kappa shape index (κ2) is 5.81. The van der Waals surface area contributed by atoms with Crippen LogP contribution in [0.3, 0.4) is 0 Å². The number of hydrogen-bond donors (Lipinski definition) is 1. The highest BCUT2D eigenvalue weighted by molar-refractivity contribution is 5.91. The summed E-state index contributed by atoms with van der Waals surface area (Å²) in [6.07, 6.45) is 0. The van der Waals surface area contributed by atoms with Crippen LogP contribution in [0.2, 0.25) is 0 Å². The normalized spacial score (nSPS) is 20.2. The minimum absolute atomic E-state index is 0.577. The van der Waals surface area contributed by atoms with Crippen LogP contribution >= 0.6 is 0 Å². The lowest BCUT2D eigenvalue weighted by Gasteiger charge is -2.32. The monoisotopic (exact) mass is 270 g/mol. The molecule has 1 aliphatic rings. The van der Waals surface area contributed by atoms with Crippen LogP contribution in [0.4, 0.5) is 0 Å². The molecule has 1 heterocycles. The molecule has 1 N–H and O–H groups in total. The number of rotatable bonds is 3. The summed E-state index contributed by atoms with van der Waals surface area (Å²) < 4.78 is 5.47. The summed E-state index contributed by atoms with van der Waals surface area (Å²) >= 11 is 0. The SMILES string of the molecule is COc1ccc(CN2CCN[C@H](C)C2)c2ccccc12. The summed E-state index contributed by atoms with van der Waals surface area (Å²) in [5.74, 6) is 0.957. The number of nitrogens with one attached hydrogen (secondary N) is 1. The first kappa shape index (κ1) is 13.4. The van der Waals surface area contributed by atoms with Crippen molar-refractivity contribution in [1.82, 2.24) is 10.2 Å². The van der Waals surface area contributed by atoms with E-state index in [9.17, 15) is 0 Å². The van der Waals surface area contributed by atoms with Crippen molar-refractivity contribution in [2.45, 2.75) is 19.5 Å². The Morgan fingerprint density at radius 3 is 2.75 bits per heavy atom. The van der Waals surface area contributed by atoms with E-state index in [0.29, 0.717) is 6.04 Å². The zero-order chi connectivity index (χ0) is 13.9. The van der Waals surface area contributed by atoms with E-state index >= 15 is 0 Å². The molecule has 0 radical (unpaired) electrons. The van der Waals surface area contributed by atoms with Crippen LogP contribution in [-0.2, 0) is 6.54 Å². The number of ether oxygens (including phenoxy) is 1. The summed E-state index contributed by atoms with van der Waals surface area (Å²) in [5.41, 5.74) is 1.38. The smallest absolute Gasteiger partial charge is 0.126 e. The molecule has 106 valence electrons. The molecule has 0 unspecified atom stereocenters. The highest BCUT2D eigenvalue weighted by atomic mass is 16.5. The molecular weight excluding hydrogens is 248 g/mol. The van der Waals surface area contributed by atoms with Gasteiger partial charge in [0.25, 0.3) is 0 Å². The first-order valence-electron chi connectivity index (χ1n) is 7.28. The summed E-state index contributed by atoms with van der Waals surface area (Å²) in [5, 5.41) is 6.00. The lowest BCUT2D eigenvalue weighted by Crippen LogP contribution is -2.48. The zero-order valence-corrected chi connectivity index (χ0v) is 12.2. The minimum Gasteiger partial charge on any atom is -0.496 e. The molecule has 20 heavy (non-hydrogen) atoms.